The fourth-order valence-corrected chi connectivity index (χ4v) is 7.50. The molecule has 0 spiro atoms. The topological polar surface area (TPSA) is 78.9 Å². The highest BCUT2D eigenvalue weighted by molar-refractivity contribution is 5.71. The Morgan fingerprint density at radius 2 is 0.581 bits per heavy atom. The van der Waals surface area contributed by atoms with Crippen LogP contribution in [0.25, 0.3) is 0 Å². The molecule has 0 rings (SSSR count). The molecule has 0 bridgehead atoms. The van der Waals surface area contributed by atoms with Gasteiger partial charge < -0.3 is 14.2 Å². The molecular formula is C56H100O6. The van der Waals surface area contributed by atoms with Crippen molar-refractivity contribution < 1.29 is 28.6 Å². The summed E-state index contributed by atoms with van der Waals surface area (Å²) in [6.45, 7) is 6.58. The molecule has 0 aliphatic heterocycles. The minimum absolute atomic E-state index is 0.0791. The van der Waals surface area contributed by atoms with E-state index in [1.165, 1.54) is 135 Å². The summed E-state index contributed by atoms with van der Waals surface area (Å²) >= 11 is 0. The van der Waals surface area contributed by atoms with E-state index in [4.69, 9.17) is 14.2 Å². The van der Waals surface area contributed by atoms with Crippen molar-refractivity contribution in [1.82, 2.24) is 0 Å². The Balaban J connectivity index is 4.38. The lowest BCUT2D eigenvalue weighted by atomic mass is 10.0. The summed E-state index contributed by atoms with van der Waals surface area (Å²) in [5.74, 6) is -0.893. The van der Waals surface area contributed by atoms with Gasteiger partial charge in [0.05, 0.1) is 0 Å². The molecule has 0 unspecified atom stereocenters. The van der Waals surface area contributed by atoms with Crippen molar-refractivity contribution in [2.75, 3.05) is 13.2 Å². The van der Waals surface area contributed by atoms with E-state index in [0.29, 0.717) is 19.3 Å². The van der Waals surface area contributed by atoms with E-state index in [9.17, 15) is 14.4 Å². The summed E-state index contributed by atoms with van der Waals surface area (Å²) in [7, 11) is 0. The number of hydrogen-bond donors (Lipinski definition) is 0. The zero-order chi connectivity index (χ0) is 45.1. The maximum Gasteiger partial charge on any atom is 0.306 e. The molecule has 0 aromatic carbocycles. The molecule has 1 atom stereocenters. The van der Waals surface area contributed by atoms with Crippen LogP contribution < -0.4 is 0 Å². The van der Waals surface area contributed by atoms with Crippen molar-refractivity contribution in [3.05, 3.63) is 48.6 Å². The van der Waals surface area contributed by atoms with E-state index < -0.39 is 6.10 Å². The molecule has 0 radical (unpaired) electrons. The van der Waals surface area contributed by atoms with Crippen molar-refractivity contribution >= 4 is 17.9 Å². The van der Waals surface area contributed by atoms with Gasteiger partial charge >= 0.3 is 17.9 Å². The zero-order valence-electron chi connectivity index (χ0n) is 41.1. The highest BCUT2D eigenvalue weighted by Gasteiger charge is 2.19. The Morgan fingerprint density at radius 1 is 0.323 bits per heavy atom. The maximum absolute atomic E-state index is 12.8. The van der Waals surface area contributed by atoms with E-state index in [1.807, 2.05) is 0 Å². The standard InChI is InChI=1S/C56H100O6/c1-4-7-10-13-16-19-22-25-27-28-30-31-34-37-40-43-46-49-55(58)61-52-53(51-60-54(57)48-45-42-39-36-33-24-21-18-15-12-9-6-3)62-56(59)50-47-44-41-38-35-32-29-26-23-20-17-14-11-8-5-2/h16-17,19-20,25-27,29,53H,4-15,18,21-24,28,30-52H2,1-3H3/b19-16-,20-17-,27-25-,29-26-/t53-/m0/s1. The van der Waals surface area contributed by atoms with Crippen molar-refractivity contribution in [2.24, 2.45) is 0 Å². The summed E-state index contributed by atoms with van der Waals surface area (Å²) in [6.07, 6.45) is 60.9. The predicted molar refractivity (Wildman–Crippen MR) is 265 cm³/mol. The largest absolute Gasteiger partial charge is 0.462 e. The number of ether oxygens (including phenoxy) is 3. The first kappa shape index (κ1) is 59.4. The van der Waals surface area contributed by atoms with Gasteiger partial charge in [0.1, 0.15) is 13.2 Å². The highest BCUT2D eigenvalue weighted by Crippen LogP contribution is 2.15. The number of carbonyl (C=O) groups is 3. The van der Waals surface area contributed by atoms with Gasteiger partial charge in [-0.1, -0.05) is 217 Å². The average Bonchev–Trinajstić information content (AvgIpc) is 3.27. The quantitative estimate of drug-likeness (QED) is 0.0262. The van der Waals surface area contributed by atoms with Gasteiger partial charge in [0.15, 0.2) is 6.10 Å². The summed E-state index contributed by atoms with van der Waals surface area (Å²) in [6, 6.07) is 0. The number of carbonyl (C=O) groups excluding carboxylic acids is 3. The minimum Gasteiger partial charge on any atom is -0.462 e. The molecule has 0 aromatic heterocycles. The van der Waals surface area contributed by atoms with Gasteiger partial charge in [-0.25, -0.2) is 0 Å². The first-order valence-electron chi connectivity index (χ1n) is 26.6. The molecule has 0 amide bonds. The number of hydrogen-bond acceptors (Lipinski definition) is 6. The van der Waals surface area contributed by atoms with Crippen LogP contribution in [0.2, 0.25) is 0 Å². The van der Waals surface area contributed by atoms with Crippen LogP contribution in [0.5, 0.6) is 0 Å². The smallest absolute Gasteiger partial charge is 0.306 e. The first-order chi connectivity index (χ1) is 30.5. The van der Waals surface area contributed by atoms with Gasteiger partial charge in [-0.15, -0.1) is 0 Å². The third-order valence-corrected chi connectivity index (χ3v) is 11.6. The minimum atomic E-state index is -0.780. The molecule has 0 saturated heterocycles. The molecule has 0 aliphatic carbocycles. The summed E-state index contributed by atoms with van der Waals surface area (Å²) < 4.78 is 16.8. The monoisotopic (exact) mass is 869 g/mol. The van der Waals surface area contributed by atoms with Crippen LogP contribution in [0.3, 0.4) is 0 Å². The van der Waals surface area contributed by atoms with Crippen LogP contribution in [-0.4, -0.2) is 37.2 Å². The van der Waals surface area contributed by atoms with Crippen LogP contribution >= 0.6 is 0 Å². The van der Waals surface area contributed by atoms with Gasteiger partial charge in [-0.05, 0) is 83.5 Å². The van der Waals surface area contributed by atoms with E-state index in [0.717, 1.165) is 96.3 Å². The zero-order valence-corrected chi connectivity index (χ0v) is 41.1. The summed E-state index contributed by atoms with van der Waals surface area (Å²) in [5, 5.41) is 0. The molecular weight excluding hydrogens is 769 g/mol. The van der Waals surface area contributed by atoms with Crippen molar-refractivity contribution in [3.63, 3.8) is 0 Å². The second-order valence-electron chi connectivity index (χ2n) is 17.8. The average molecular weight is 869 g/mol. The number of esters is 3. The molecule has 0 saturated carbocycles. The Labute approximate surface area is 384 Å². The Bertz CT molecular complexity index is 1090. The second-order valence-corrected chi connectivity index (χ2v) is 17.8. The lowest BCUT2D eigenvalue weighted by molar-refractivity contribution is -0.167. The van der Waals surface area contributed by atoms with Gasteiger partial charge in [-0.2, -0.15) is 0 Å². The Kier molecular flexibility index (Phi) is 48.8. The van der Waals surface area contributed by atoms with Crippen LogP contribution in [0.1, 0.15) is 271 Å². The lowest BCUT2D eigenvalue weighted by Gasteiger charge is -2.18. The normalized spacial score (nSPS) is 12.4. The summed E-state index contributed by atoms with van der Waals surface area (Å²) in [4.78, 5) is 38.0. The van der Waals surface area contributed by atoms with E-state index >= 15 is 0 Å². The molecule has 0 aliphatic rings. The molecule has 0 heterocycles. The molecule has 0 fully saturated rings. The van der Waals surface area contributed by atoms with Crippen LogP contribution in [0.15, 0.2) is 48.6 Å². The van der Waals surface area contributed by atoms with Gasteiger partial charge in [0.2, 0.25) is 0 Å². The maximum atomic E-state index is 12.8. The van der Waals surface area contributed by atoms with Crippen LogP contribution in [-0.2, 0) is 28.6 Å². The second kappa shape index (κ2) is 51.0. The number of allylic oxidation sites excluding steroid dienone is 8. The lowest BCUT2D eigenvalue weighted by Crippen LogP contribution is -2.30. The SMILES string of the molecule is CCCCC/C=C\C/C=C\CCCCCCCCCC(=O)OC[C@H](COC(=O)CCCCCCCCCCCCCC)OC(=O)CCCCCCC/C=C\C/C=C\CCCCC. The van der Waals surface area contributed by atoms with E-state index in [-0.39, 0.29) is 31.1 Å². The van der Waals surface area contributed by atoms with E-state index in [1.54, 1.807) is 0 Å². The van der Waals surface area contributed by atoms with Crippen LogP contribution in [0.4, 0.5) is 0 Å². The Hall–Kier alpha value is -2.63. The van der Waals surface area contributed by atoms with Gasteiger partial charge in [-0.3, -0.25) is 14.4 Å². The fourth-order valence-electron chi connectivity index (χ4n) is 7.50. The molecule has 0 aromatic rings. The van der Waals surface area contributed by atoms with Crippen molar-refractivity contribution in [1.29, 1.82) is 0 Å². The van der Waals surface area contributed by atoms with Crippen LogP contribution in [0, 0.1) is 0 Å². The van der Waals surface area contributed by atoms with Crippen molar-refractivity contribution in [3.8, 4) is 0 Å². The molecule has 6 heteroatoms. The van der Waals surface area contributed by atoms with E-state index in [2.05, 4.69) is 69.4 Å². The third-order valence-electron chi connectivity index (χ3n) is 11.6. The molecule has 360 valence electrons. The van der Waals surface area contributed by atoms with Crippen molar-refractivity contribution in [2.45, 2.75) is 277 Å². The molecule has 6 nitrogen and oxygen atoms in total. The number of rotatable bonds is 48. The highest BCUT2D eigenvalue weighted by atomic mass is 16.6. The predicted octanol–water partition coefficient (Wildman–Crippen LogP) is 17.5. The molecule has 62 heavy (non-hydrogen) atoms. The summed E-state index contributed by atoms with van der Waals surface area (Å²) in [5.41, 5.74) is 0. The fraction of sp³-hybridized carbons (Fsp3) is 0.804. The first-order valence-corrected chi connectivity index (χ1v) is 26.6. The van der Waals surface area contributed by atoms with Gasteiger partial charge in [0.25, 0.3) is 0 Å². The van der Waals surface area contributed by atoms with Gasteiger partial charge in [0, 0.05) is 19.3 Å². The third kappa shape index (κ3) is 48.4. The Morgan fingerprint density at radius 3 is 0.919 bits per heavy atom. The number of unbranched alkanes of at least 4 members (excludes halogenated alkanes) is 29. The molecule has 0 N–H and O–H groups in total.